The summed E-state index contributed by atoms with van der Waals surface area (Å²) in [7, 11) is -4.05. The summed E-state index contributed by atoms with van der Waals surface area (Å²) >= 11 is 7.64. The van der Waals surface area contributed by atoms with Crippen molar-refractivity contribution in [3.05, 3.63) is 99.4 Å². The molecule has 4 rings (SSSR count). The van der Waals surface area contributed by atoms with Crippen molar-refractivity contribution in [1.29, 1.82) is 0 Å². The summed E-state index contributed by atoms with van der Waals surface area (Å²) in [4.78, 5) is 15.3. The first-order valence-electron chi connectivity index (χ1n) is 9.58. The Morgan fingerprint density at radius 3 is 2.41 bits per heavy atom. The van der Waals surface area contributed by atoms with Crippen molar-refractivity contribution in [3.63, 3.8) is 0 Å². The van der Waals surface area contributed by atoms with E-state index < -0.39 is 15.7 Å². The number of nitrogens with one attached hydrogen (secondary N) is 2. The van der Waals surface area contributed by atoms with Crippen molar-refractivity contribution >= 4 is 39.3 Å². The van der Waals surface area contributed by atoms with Gasteiger partial charge in [-0.25, -0.2) is 17.9 Å². The van der Waals surface area contributed by atoms with Crippen molar-refractivity contribution in [2.24, 2.45) is 0 Å². The van der Waals surface area contributed by atoms with Crippen LogP contribution in [0.5, 0.6) is 0 Å². The largest absolute Gasteiger partial charge is 0.349 e. The molecule has 0 saturated carbocycles. The van der Waals surface area contributed by atoms with Crippen LogP contribution in [-0.2, 0) is 15.8 Å². The van der Waals surface area contributed by atoms with Crippen molar-refractivity contribution < 1.29 is 8.42 Å². The molecule has 0 amide bonds. The minimum Gasteiger partial charge on any atom is -0.274 e. The van der Waals surface area contributed by atoms with E-state index in [0.29, 0.717) is 26.9 Å². The molecule has 0 radical (unpaired) electrons. The molecule has 0 aliphatic rings. The number of rotatable bonds is 7. The highest BCUT2D eigenvalue weighted by Crippen LogP contribution is 2.34. The number of aryl methyl sites for hydroxylation is 1. The van der Waals surface area contributed by atoms with Crippen molar-refractivity contribution in [3.8, 4) is 5.69 Å². The number of sulfonamides is 1. The number of benzene rings is 3. The predicted octanol–water partition coefficient (Wildman–Crippen LogP) is 4.62. The quantitative estimate of drug-likeness (QED) is 0.372. The topological polar surface area (TPSA) is 96.8 Å². The monoisotopic (exact) mass is 486 g/mol. The van der Waals surface area contributed by atoms with Gasteiger partial charge in [-0.1, -0.05) is 60.1 Å². The van der Waals surface area contributed by atoms with Crippen molar-refractivity contribution in [1.82, 2.24) is 14.8 Å². The van der Waals surface area contributed by atoms with Gasteiger partial charge in [0, 0.05) is 15.7 Å². The van der Waals surface area contributed by atoms with Gasteiger partial charge in [0.2, 0.25) is 5.95 Å². The van der Waals surface area contributed by atoms with Crippen molar-refractivity contribution in [2.75, 3.05) is 4.72 Å². The molecule has 3 aromatic carbocycles. The van der Waals surface area contributed by atoms with Crippen LogP contribution in [0.4, 0.5) is 5.95 Å². The molecule has 1 aromatic heterocycles. The zero-order valence-corrected chi connectivity index (χ0v) is 19.3. The molecule has 0 fully saturated rings. The van der Waals surface area contributed by atoms with E-state index in [4.69, 9.17) is 11.6 Å². The Balaban J connectivity index is 1.65. The number of hydrogen-bond donors (Lipinski definition) is 2. The highest BCUT2D eigenvalue weighted by molar-refractivity contribution is 7.99. The van der Waals surface area contributed by atoms with E-state index in [-0.39, 0.29) is 10.8 Å². The van der Waals surface area contributed by atoms with Gasteiger partial charge in [-0.3, -0.25) is 4.98 Å². The van der Waals surface area contributed by atoms with Crippen LogP contribution >= 0.6 is 23.4 Å². The SMILES string of the molecule is Cc1cc(S(=O)(=O)Nc2nn(-c3ccccc3)c(=O)[nH]2)c(SCc2ccccc2)cc1Cl. The third kappa shape index (κ3) is 4.90. The van der Waals surface area contributed by atoms with Gasteiger partial charge in [0.25, 0.3) is 10.0 Å². The minimum absolute atomic E-state index is 0.0652. The number of aromatic amines is 1. The number of thioether (sulfide) groups is 1. The molecule has 0 aliphatic heterocycles. The van der Waals surface area contributed by atoms with Crippen LogP contribution in [0.2, 0.25) is 5.02 Å². The molecule has 4 aromatic rings. The molecule has 7 nitrogen and oxygen atoms in total. The molecule has 0 atom stereocenters. The molecule has 0 aliphatic carbocycles. The average molecular weight is 487 g/mol. The fraction of sp³-hybridized carbons (Fsp3) is 0.0909. The molecule has 0 spiro atoms. The molecule has 1 heterocycles. The van der Waals surface area contributed by atoms with E-state index in [0.717, 1.165) is 10.2 Å². The van der Waals surface area contributed by atoms with Crippen LogP contribution in [0.1, 0.15) is 11.1 Å². The van der Waals surface area contributed by atoms with Gasteiger partial charge in [0.15, 0.2) is 0 Å². The Kier molecular flexibility index (Phi) is 6.40. The Morgan fingerprint density at radius 1 is 1.06 bits per heavy atom. The van der Waals surface area contributed by atoms with Crippen LogP contribution in [0, 0.1) is 6.92 Å². The molecule has 10 heteroatoms. The summed E-state index contributed by atoms with van der Waals surface area (Å²) in [5.41, 5.74) is 1.64. The summed E-state index contributed by atoms with van der Waals surface area (Å²) in [5, 5.41) is 4.55. The van der Waals surface area contributed by atoms with Gasteiger partial charge in [-0.05, 0) is 42.3 Å². The number of H-pyrrole nitrogens is 1. The Bertz CT molecular complexity index is 1400. The fourth-order valence-corrected chi connectivity index (χ4v) is 5.76. The smallest absolute Gasteiger partial charge is 0.274 e. The summed E-state index contributed by atoms with van der Waals surface area (Å²) in [6, 6.07) is 21.6. The lowest BCUT2D eigenvalue weighted by atomic mass is 10.2. The normalized spacial score (nSPS) is 11.4. The van der Waals surface area contributed by atoms with E-state index in [9.17, 15) is 13.2 Å². The number of aromatic nitrogens is 3. The molecule has 0 unspecified atom stereocenters. The lowest BCUT2D eigenvalue weighted by Gasteiger charge is -2.13. The third-order valence-electron chi connectivity index (χ3n) is 4.60. The molecule has 0 bridgehead atoms. The number of nitrogens with zero attached hydrogens (tertiary/aromatic N) is 2. The summed E-state index contributed by atoms with van der Waals surface area (Å²) in [6.45, 7) is 1.74. The second-order valence-corrected chi connectivity index (χ2v) is 10.0. The molecule has 164 valence electrons. The highest BCUT2D eigenvalue weighted by atomic mass is 35.5. The van der Waals surface area contributed by atoms with E-state index in [1.807, 2.05) is 36.4 Å². The van der Waals surface area contributed by atoms with Gasteiger partial charge in [-0.2, -0.15) is 4.68 Å². The lowest BCUT2D eigenvalue weighted by molar-refractivity contribution is 0.598. The van der Waals surface area contributed by atoms with Crippen LogP contribution in [-0.4, -0.2) is 23.2 Å². The first-order valence-corrected chi connectivity index (χ1v) is 12.4. The van der Waals surface area contributed by atoms with E-state index in [1.165, 1.54) is 17.8 Å². The predicted molar refractivity (Wildman–Crippen MR) is 127 cm³/mol. The zero-order valence-electron chi connectivity index (χ0n) is 16.9. The zero-order chi connectivity index (χ0) is 22.7. The molecule has 2 N–H and O–H groups in total. The van der Waals surface area contributed by atoms with Gasteiger partial charge < -0.3 is 0 Å². The second-order valence-electron chi connectivity index (χ2n) is 6.95. The Labute approximate surface area is 194 Å². The standard InChI is InChI=1S/C22H19ClN4O3S2/c1-15-12-20(19(13-18(15)23)31-14-16-8-4-2-5-9-16)32(29,30)26-21-24-22(28)27(25-21)17-10-6-3-7-11-17/h2-13H,14H2,1H3,(H2,24,25,26,28). The highest BCUT2D eigenvalue weighted by Gasteiger charge is 2.23. The molecular formula is C22H19ClN4O3S2. The number of anilines is 1. The minimum atomic E-state index is -4.05. The van der Waals surface area contributed by atoms with Gasteiger partial charge in [-0.15, -0.1) is 16.9 Å². The van der Waals surface area contributed by atoms with Gasteiger partial charge in [0.1, 0.15) is 4.90 Å². The summed E-state index contributed by atoms with van der Waals surface area (Å²) in [5.74, 6) is 0.396. The van der Waals surface area contributed by atoms with E-state index in [2.05, 4.69) is 14.8 Å². The Morgan fingerprint density at radius 2 is 1.72 bits per heavy atom. The second kappa shape index (κ2) is 9.23. The molecular weight excluding hydrogens is 468 g/mol. The number of hydrogen-bond acceptors (Lipinski definition) is 5. The van der Waals surface area contributed by atoms with E-state index in [1.54, 1.807) is 37.3 Å². The van der Waals surface area contributed by atoms with Crippen molar-refractivity contribution in [2.45, 2.75) is 22.5 Å². The fourth-order valence-electron chi connectivity index (χ4n) is 2.99. The number of halogens is 1. The van der Waals surface area contributed by atoms with Crippen LogP contribution in [0.3, 0.4) is 0 Å². The lowest BCUT2D eigenvalue weighted by Crippen LogP contribution is -2.16. The average Bonchev–Trinajstić information content (AvgIpc) is 3.14. The molecule has 32 heavy (non-hydrogen) atoms. The summed E-state index contributed by atoms with van der Waals surface area (Å²) < 4.78 is 29.9. The van der Waals surface area contributed by atoms with Crippen LogP contribution < -0.4 is 10.4 Å². The third-order valence-corrected chi connectivity index (χ3v) is 7.64. The molecule has 0 saturated heterocycles. The van der Waals surface area contributed by atoms with Crippen LogP contribution in [0.25, 0.3) is 5.69 Å². The first-order chi connectivity index (χ1) is 15.3. The Hall–Kier alpha value is -3.01. The van der Waals surface area contributed by atoms with Gasteiger partial charge >= 0.3 is 5.69 Å². The van der Waals surface area contributed by atoms with Gasteiger partial charge in [0.05, 0.1) is 5.69 Å². The first kappa shape index (κ1) is 22.2. The van der Waals surface area contributed by atoms with Crippen LogP contribution in [0.15, 0.2) is 87.4 Å². The van der Waals surface area contributed by atoms with E-state index >= 15 is 0 Å². The maximum Gasteiger partial charge on any atom is 0.349 e. The summed E-state index contributed by atoms with van der Waals surface area (Å²) in [6.07, 6.45) is 0. The maximum absolute atomic E-state index is 13.2. The maximum atomic E-state index is 13.2. The number of para-hydroxylation sites is 1.